The summed E-state index contributed by atoms with van der Waals surface area (Å²) in [5, 5.41) is 8.56. The van der Waals surface area contributed by atoms with Gasteiger partial charge in [0.25, 0.3) is 0 Å². The predicted molar refractivity (Wildman–Crippen MR) is 83.4 cm³/mol. The number of carbonyl (C=O) groups excluding carboxylic acids is 2. The number of carbonyl (C=O) groups is 2. The number of terminal acetylenes is 1. The molecule has 3 N–H and O–H groups in total. The molecule has 0 aliphatic carbocycles. The van der Waals surface area contributed by atoms with Gasteiger partial charge in [0, 0.05) is 16.6 Å². The Morgan fingerprint density at radius 3 is 2.43 bits per heavy atom. The van der Waals surface area contributed by atoms with Gasteiger partial charge in [-0.1, -0.05) is 35.2 Å². The summed E-state index contributed by atoms with van der Waals surface area (Å²) in [5.41, 5.74) is 0.771. The lowest BCUT2D eigenvalue weighted by atomic mass is 10.1. The van der Waals surface area contributed by atoms with Crippen molar-refractivity contribution in [3.05, 3.63) is 33.8 Å². The topological polar surface area (TPSA) is 70.2 Å². The molecule has 0 unspecified atom stereocenters. The fourth-order valence-electron chi connectivity index (χ4n) is 1.51. The molecule has 1 rings (SSSR count). The molecule has 1 aromatic carbocycles. The monoisotopic (exact) mass is 327 g/mol. The molecule has 5 nitrogen and oxygen atoms in total. The molecule has 0 aromatic heterocycles. The van der Waals surface area contributed by atoms with Crippen molar-refractivity contribution < 1.29 is 9.59 Å². The van der Waals surface area contributed by atoms with Gasteiger partial charge in [0.15, 0.2) is 0 Å². The first-order valence-corrected chi connectivity index (χ1v) is 6.95. The molecule has 112 valence electrons. The fraction of sp³-hybridized carbons (Fsp3) is 0.286. The number of hydrogen-bond acceptors (Lipinski definition) is 2. The van der Waals surface area contributed by atoms with E-state index >= 15 is 0 Å². The van der Waals surface area contributed by atoms with Crippen LogP contribution >= 0.6 is 23.2 Å². The third-order valence-electron chi connectivity index (χ3n) is 2.52. The number of benzene rings is 1. The van der Waals surface area contributed by atoms with Crippen LogP contribution < -0.4 is 16.0 Å². The SMILES string of the molecule is C#CCNC(=O)CNC(=O)NCCc1c(Cl)cccc1Cl. The third-order valence-corrected chi connectivity index (χ3v) is 3.23. The predicted octanol–water partition coefficient (Wildman–Crippen LogP) is 1.58. The van der Waals surface area contributed by atoms with Gasteiger partial charge in [-0.25, -0.2) is 4.79 Å². The summed E-state index contributed by atoms with van der Waals surface area (Å²) in [6.45, 7) is 0.342. The second-order valence-corrected chi connectivity index (χ2v) is 4.85. The fourth-order valence-corrected chi connectivity index (χ4v) is 2.09. The Labute approximate surface area is 133 Å². The standard InChI is InChI=1S/C14H15Cl2N3O2/c1-2-7-17-13(20)9-19-14(21)18-8-6-10-11(15)4-3-5-12(10)16/h1,3-5H,6-9H2,(H,17,20)(H2,18,19,21). The number of amides is 3. The molecule has 0 spiro atoms. The van der Waals surface area contributed by atoms with Gasteiger partial charge in [-0.3, -0.25) is 4.79 Å². The summed E-state index contributed by atoms with van der Waals surface area (Å²) in [5.74, 6) is 1.91. The van der Waals surface area contributed by atoms with E-state index in [0.717, 1.165) is 5.56 Å². The molecule has 21 heavy (non-hydrogen) atoms. The number of halogens is 2. The summed E-state index contributed by atoms with van der Waals surface area (Å²) in [7, 11) is 0. The highest BCUT2D eigenvalue weighted by molar-refractivity contribution is 6.35. The van der Waals surface area contributed by atoms with E-state index in [1.807, 2.05) is 0 Å². The van der Waals surface area contributed by atoms with Crippen molar-refractivity contribution in [2.24, 2.45) is 0 Å². The molecule has 3 amide bonds. The van der Waals surface area contributed by atoms with Crippen LogP contribution in [0, 0.1) is 12.3 Å². The van der Waals surface area contributed by atoms with Crippen LogP contribution in [0.15, 0.2) is 18.2 Å². The number of hydrogen-bond donors (Lipinski definition) is 3. The quantitative estimate of drug-likeness (QED) is 0.694. The van der Waals surface area contributed by atoms with Crippen LogP contribution in [0.1, 0.15) is 5.56 Å². The van der Waals surface area contributed by atoms with E-state index in [1.54, 1.807) is 18.2 Å². The van der Waals surface area contributed by atoms with Crippen LogP contribution in [-0.4, -0.2) is 31.6 Å². The Morgan fingerprint density at radius 1 is 1.14 bits per heavy atom. The van der Waals surface area contributed by atoms with E-state index in [0.29, 0.717) is 23.0 Å². The van der Waals surface area contributed by atoms with Crippen LogP contribution in [0.3, 0.4) is 0 Å². The van der Waals surface area contributed by atoms with Crippen molar-refractivity contribution in [2.75, 3.05) is 19.6 Å². The summed E-state index contributed by atoms with van der Waals surface area (Å²) >= 11 is 12.0. The Kier molecular flexibility index (Phi) is 7.44. The summed E-state index contributed by atoms with van der Waals surface area (Å²) < 4.78 is 0. The molecule has 0 aliphatic rings. The summed E-state index contributed by atoms with van der Waals surface area (Å²) in [6, 6.07) is 4.77. The minimum absolute atomic E-state index is 0.132. The van der Waals surface area contributed by atoms with Gasteiger partial charge >= 0.3 is 6.03 Å². The highest BCUT2D eigenvalue weighted by Gasteiger charge is 2.07. The zero-order valence-electron chi connectivity index (χ0n) is 11.2. The molecule has 0 saturated carbocycles. The van der Waals surface area contributed by atoms with Crippen LogP contribution in [0.4, 0.5) is 4.79 Å². The van der Waals surface area contributed by atoms with Gasteiger partial charge in [-0.2, -0.15) is 0 Å². The van der Waals surface area contributed by atoms with Crippen molar-refractivity contribution in [1.82, 2.24) is 16.0 Å². The zero-order valence-corrected chi connectivity index (χ0v) is 12.7. The molecule has 0 atom stereocenters. The first-order chi connectivity index (χ1) is 10.0. The van der Waals surface area contributed by atoms with Crippen LogP contribution in [-0.2, 0) is 11.2 Å². The van der Waals surface area contributed by atoms with Crippen molar-refractivity contribution in [3.63, 3.8) is 0 Å². The van der Waals surface area contributed by atoms with E-state index in [4.69, 9.17) is 29.6 Å². The molecular weight excluding hydrogens is 313 g/mol. The highest BCUT2D eigenvalue weighted by Crippen LogP contribution is 2.24. The number of rotatable bonds is 6. The maximum Gasteiger partial charge on any atom is 0.315 e. The Balaban J connectivity index is 2.28. The largest absolute Gasteiger partial charge is 0.344 e. The van der Waals surface area contributed by atoms with Crippen LogP contribution in [0.2, 0.25) is 10.0 Å². The van der Waals surface area contributed by atoms with Crippen molar-refractivity contribution in [3.8, 4) is 12.3 Å². The molecule has 7 heteroatoms. The Morgan fingerprint density at radius 2 is 1.81 bits per heavy atom. The van der Waals surface area contributed by atoms with Gasteiger partial charge in [-0.15, -0.1) is 6.42 Å². The zero-order chi connectivity index (χ0) is 15.7. The lowest BCUT2D eigenvalue weighted by molar-refractivity contribution is -0.119. The van der Waals surface area contributed by atoms with E-state index in [-0.39, 0.29) is 19.0 Å². The second kappa shape index (κ2) is 9.11. The number of nitrogens with one attached hydrogen (secondary N) is 3. The van der Waals surface area contributed by atoms with E-state index in [9.17, 15) is 9.59 Å². The van der Waals surface area contributed by atoms with Crippen molar-refractivity contribution in [2.45, 2.75) is 6.42 Å². The minimum Gasteiger partial charge on any atom is -0.344 e. The van der Waals surface area contributed by atoms with Gasteiger partial charge < -0.3 is 16.0 Å². The summed E-state index contributed by atoms with van der Waals surface area (Å²) in [4.78, 5) is 22.7. The number of urea groups is 1. The van der Waals surface area contributed by atoms with Gasteiger partial charge in [0.05, 0.1) is 13.1 Å². The lowest BCUT2D eigenvalue weighted by Gasteiger charge is -2.09. The minimum atomic E-state index is -0.450. The first-order valence-electron chi connectivity index (χ1n) is 6.19. The summed E-state index contributed by atoms with van der Waals surface area (Å²) in [6.07, 6.45) is 5.49. The highest BCUT2D eigenvalue weighted by atomic mass is 35.5. The average molecular weight is 328 g/mol. The normalized spacial score (nSPS) is 9.57. The van der Waals surface area contributed by atoms with Crippen molar-refractivity contribution in [1.29, 1.82) is 0 Å². The molecule has 0 saturated heterocycles. The third kappa shape index (κ3) is 6.39. The van der Waals surface area contributed by atoms with Crippen LogP contribution in [0.25, 0.3) is 0 Å². The van der Waals surface area contributed by atoms with E-state index in [1.165, 1.54) is 0 Å². The average Bonchev–Trinajstić information content (AvgIpc) is 2.46. The van der Waals surface area contributed by atoms with E-state index < -0.39 is 6.03 Å². The Bertz CT molecular complexity index is 535. The Hall–Kier alpha value is -1.90. The first kappa shape index (κ1) is 17.2. The lowest BCUT2D eigenvalue weighted by Crippen LogP contribution is -2.42. The van der Waals surface area contributed by atoms with Crippen molar-refractivity contribution >= 4 is 35.1 Å². The molecule has 0 bridgehead atoms. The molecule has 0 heterocycles. The van der Waals surface area contributed by atoms with Gasteiger partial charge in [-0.05, 0) is 24.1 Å². The molecule has 0 radical (unpaired) electrons. The van der Waals surface area contributed by atoms with Gasteiger partial charge in [0.1, 0.15) is 0 Å². The smallest absolute Gasteiger partial charge is 0.315 e. The molecule has 0 fully saturated rings. The van der Waals surface area contributed by atoms with Crippen LogP contribution in [0.5, 0.6) is 0 Å². The molecular formula is C14H15Cl2N3O2. The molecule has 1 aromatic rings. The van der Waals surface area contributed by atoms with Gasteiger partial charge in [0.2, 0.25) is 5.91 Å². The van der Waals surface area contributed by atoms with E-state index in [2.05, 4.69) is 21.9 Å². The molecule has 0 aliphatic heterocycles. The second-order valence-electron chi connectivity index (χ2n) is 4.04. The maximum atomic E-state index is 11.5. The maximum absolute atomic E-state index is 11.5.